The summed E-state index contributed by atoms with van der Waals surface area (Å²) in [5, 5.41) is 1.92. The lowest BCUT2D eigenvalue weighted by Crippen LogP contribution is -2.50. The van der Waals surface area contributed by atoms with E-state index in [0.717, 1.165) is 0 Å². The Morgan fingerprint density at radius 1 is 0.935 bits per heavy atom. The van der Waals surface area contributed by atoms with Crippen LogP contribution in [0.1, 0.15) is 36.7 Å². The van der Waals surface area contributed by atoms with Gasteiger partial charge in [-0.1, -0.05) is 12.1 Å². The molecule has 0 atom stereocenters. The van der Waals surface area contributed by atoms with Crippen molar-refractivity contribution in [1.29, 1.82) is 0 Å². The van der Waals surface area contributed by atoms with Gasteiger partial charge in [-0.15, -0.1) is 0 Å². The fourth-order valence-corrected chi connectivity index (χ4v) is 4.10. The summed E-state index contributed by atoms with van der Waals surface area (Å²) >= 11 is 0. The van der Waals surface area contributed by atoms with Crippen molar-refractivity contribution < 1.29 is 35.9 Å². The topological polar surface area (TPSA) is 89.5 Å². The third-order valence-electron chi connectivity index (χ3n) is 4.26. The van der Waals surface area contributed by atoms with Gasteiger partial charge in [0, 0.05) is 5.54 Å². The van der Waals surface area contributed by atoms with Gasteiger partial charge in [0.1, 0.15) is 0 Å². The van der Waals surface area contributed by atoms with E-state index in [1.54, 1.807) is 6.92 Å². The fourth-order valence-electron chi connectivity index (χ4n) is 2.84. The smallest absolute Gasteiger partial charge is 0.462 e. The molecule has 10 heteroatoms. The number of carbonyl (C=O) groups excluding carboxylic acids is 2. The van der Waals surface area contributed by atoms with Gasteiger partial charge in [0.15, 0.2) is 0 Å². The van der Waals surface area contributed by atoms with Crippen LogP contribution in [0.2, 0.25) is 0 Å². The number of rotatable bonds is 7. The molecule has 0 aromatic heterocycles. The number of ether oxygens (including phenoxy) is 1. The second kappa shape index (κ2) is 9.09. The maximum Gasteiger partial charge on any atom is 0.471 e. The molecule has 1 amide bonds. The summed E-state index contributed by atoms with van der Waals surface area (Å²) in [6, 6.07) is 10.9. The molecule has 31 heavy (non-hydrogen) atoms. The highest BCUT2D eigenvalue weighted by molar-refractivity contribution is 7.91. The summed E-state index contributed by atoms with van der Waals surface area (Å²) in [7, 11) is -3.86. The zero-order chi connectivity index (χ0) is 23.4. The molecule has 168 valence electrons. The quantitative estimate of drug-likeness (QED) is 0.641. The number of nitrogens with one attached hydrogen (secondary N) is 1. The number of carbonyl (C=O) groups is 2. The summed E-state index contributed by atoms with van der Waals surface area (Å²) in [5.74, 6) is -2.60. The Hall–Kier alpha value is -2.88. The molecule has 0 aliphatic rings. The van der Waals surface area contributed by atoms with Gasteiger partial charge >= 0.3 is 18.1 Å². The van der Waals surface area contributed by atoms with Crippen molar-refractivity contribution in [2.45, 2.75) is 48.7 Å². The number of halogens is 3. The van der Waals surface area contributed by atoms with Gasteiger partial charge in [-0.25, -0.2) is 13.2 Å². The van der Waals surface area contributed by atoms with Crippen molar-refractivity contribution in [2.75, 3.05) is 6.61 Å². The summed E-state index contributed by atoms with van der Waals surface area (Å²) < 4.78 is 67.8. The van der Waals surface area contributed by atoms with E-state index in [9.17, 15) is 31.2 Å². The van der Waals surface area contributed by atoms with Crippen LogP contribution in [0.5, 0.6) is 0 Å². The molecule has 2 rings (SSSR count). The highest BCUT2D eigenvalue weighted by Gasteiger charge is 2.41. The number of esters is 1. The van der Waals surface area contributed by atoms with E-state index < -0.39 is 33.4 Å². The molecule has 0 saturated carbocycles. The molecule has 6 nitrogen and oxygen atoms in total. The van der Waals surface area contributed by atoms with Crippen LogP contribution < -0.4 is 5.32 Å². The molecule has 0 unspecified atom stereocenters. The first-order valence-electron chi connectivity index (χ1n) is 9.27. The highest BCUT2D eigenvalue weighted by atomic mass is 32.2. The van der Waals surface area contributed by atoms with E-state index in [1.807, 2.05) is 5.32 Å². The lowest BCUT2D eigenvalue weighted by Gasteiger charge is -2.27. The van der Waals surface area contributed by atoms with Gasteiger partial charge in [0.2, 0.25) is 9.84 Å². The van der Waals surface area contributed by atoms with E-state index in [-0.39, 0.29) is 28.4 Å². The number of hydrogen-bond acceptors (Lipinski definition) is 5. The lowest BCUT2D eigenvalue weighted by molar-refractivity contribution is -0.175. The normalized spacial score (nSPS) is 12.3. The monoisotopic (exact) mass is 457 g/mol. The maximum absolute atomic E-state index is 12.8. The van der Waals surface area contributed by atoms with Gasteiger partial charge in [-0.3, -0.25) is 4.79 Å². The number of hydrogen-bond donors (Lipinski definition) is 1. The number of alkyl halides is 3. The summed E-state index contributed by atoms with van der Waals surface area (Å²) in [6.45, 7) is 4.73. The molecule has 0 bridgehead atoms. The van der Waals surface area contributed by atoms with Crippen LogP contribution in [0.3, 0.4) is 0 Å². The average Bonchev–Trinajstić information content (AvgIpc) is 2.67. The number of sulfone groups is 1. The Morgan fingerprint density at radius 3 is 1.87 bits per heavy atom. The second-order valence-corrected chi connectivity index (χ2v) is 9.35. The second-order valence-electron chi connectivity index (χ2n) is 7.40. The van der Waals surface area contributed by atoms with E-state index in [0.29, 0.717) is 5.56 Å². The minimum atomic E-state index is -4.99. The van der Waals surface area contributed by atoms with Crippen molar-refractivity contribution in [1.82, 2.24) is 5.32 Å². The van der Waals surface area contributed by atoms with Gasteiger partial charge in [-0.05, 0) is 69.2 Å². The predicted molar refractivity (Wildman–Crippen MR) is 106 cm³/mol. The summed E-state index contributed by atoms with van der Waals surface area (Å²) in [6.07, 6.45) is -4.93. The number of benzene rings is 2. The molecular weight excluding hydrogens is 435 g/mol. The molecule has 2 aromatic rings. The van der Waals surface area contributed by atoms with Crippen LogP contribution in [0.15, 0.2) is 58.3 Å². The van der Waals surface area contributed by atoms with E-state index in [4.69, 9.17) is 4.74 Å². The first kappa shape index (κ1) is 24.4. The lowest BCUT2D eigenvalue weighted by atomic mass is 9.95. The van der Waals surface area contributed by atoms with Crippen LogP contribution in [0.4, 0.5) is 13.2 Å². The minimum Gasteiger partial charge on any atom is -0.462 e. The highest BCUT2D eigenvalue weighted by Crippen LogP contribution is 2.24. The molecular formula is C21H22F3NO5S. The first-order chi connectivity index (χ1) is 14.3. The van der Waals surface area contributed by atoms with Crippen LogP contribution >= 0.6 is 0 Å². The molecule has 1 N–H and O–H groups in total. The van der Waals surface area contributed by atoms with Crippen molar-refractivity contribution in [3.8, 4) is 0 Å². The van der Waals surface area contributed by atoms with Crippen LogP contribution in [0.25, 0.3) is 0 Å². The van der Waals surface area contributed by atoms with E-state index in [1.165, 1.54) is 62.4 Å². The Kier molecular flexibility index (Phi) is 7.15. The minimum absolute atomic E-state index is 0.0164. The average molecular weight is 457 g/mol. The molecule has 2 aromatic carbocycles. The SMILES string of the molecule is CCOC(=O)c1ccc(S(=O)(=O)c2ccc(CC(C)(C)NC(=O)C(F)(F)F)cc2)cc1. The Bertz CT molecular complexity index is 1040. The van der Waals surface area contributed by atoms with Crippen molar-refractivity contribution in [2.24, 2.45) is 0 Å². The Morgan fingerprint density at radius 2 is 1.42 bits per heavy atom. The van der Waals surface area contributed by atoms with E-state index in [2.05, 4.69) is 0 Å². The third kappa shape index (κ3) is 6.30. The standard InChI is InChI=1S/C21H22F3NO5S/c1-4-30-18(26)15-7-11-17(12-8-15)31(28,29)16-9-5-14(6-10-16)13-20(2,3)25-19(27)21(22,23)24/h5-12H,4,13H2,1-3H3,(H,25,27). The van der Waals surface area contributed by atoms with E-state index >= 15 is 0 Å². The summed E-state index contributed by atoms with van der Waals surface area (Å²) in [5.41, 5.74) is -0.431. The molecule has 0 aliphatic heterocycles. The zero-order valence-electron chi connectivity index (χ0n) is 17.1. The third-order valence-corrected chi connectivity index (χ3v) is 6.05. The fraction of sp³-hybridized carbons (Fsp3) is 0.333. The molecule has 0 saturated heterocycles. The molecule has 0 fully saturated rings. The van der Waals surface area contributed by atoms with Gasteiger partial charge in [0.25, 0.3) is 0 Å². The Labute approximate surface area is 178 Å². The van der Waals surface area contributed by atoms with Gasteiger partial charge in [-0.2, -0.15) is 13.2 Å². The van der Waals surface area contributed by atoms with Crippen molar-refractivity contribution >= 4 is 21.7 Å². The molecule has 0 radical (unpaired) electrons. The van der Waals surface area contributed by atoms with Gasteiger partial charge < -0.3 is 10.1 Å². The van der Waals surface area contributed by atoms with Crippen LogP contribution in [0, 0.1) is 0 Å². The zero-order valence-corrected chi connectivity index (χ0v) is 17.9. The molecule has 0 heterocycles. The predicted octanol–water partition coefficient (Wildman–Crippen LogP) is 3.70. The Balaban J connectivity index is 2.16. The summed E-state index contributed by atoms with van der Waals surface area (Å²) in [4.78, 5) is 22.8. The largest absolute Gasteiger partial charge is 0.471 e. The van der Waals surface area contributed by atoms with Crippen LogP contribution in [-0.4, -0.2) is 38.6 Å². The molecule has 0 aliphatic carbocycles. The first-order valence-corrected chi connectivity index (χ1v) is 10.7. The van der Waals surface area contributed by atoms with Crippen molar-refractivity contribution in [3.63, 3.8) is 0 Å². The number of amides is 1. The van der Waals surface area contributed by atoms with Crippen LogP contribution in [-0.2, 0) is 25.8 Å². The van der Waals surface area contributed by atoms with Crippen molar-refractivity contribution in [3.05, 3.63) is 59.7 Å². The maximum atomic E-state index is 12.8. The molecule has 0 spiro atoms. The van der Waals surface area contributed by atoms with Gasteiger partial charge in [0.05, 0.1) is 22.0 Å².